The molecule has 0 aliphatic heterocycles. The number of thioether (sulfide) groups is 1. The number of nitrogens with one attached hydrogen (secondary N) is 1. The molecule has 1 amide bonds. The molecule has 0 rings (SSSR count). The van der Waals surface area contributed by atoms with Crippen molar-refractivity contribution in [1.82, 2.24) is 5.32 Å². The lowest BCUT2D eigenvalue weighted by Crippen LogP contribution is -2.43. The molecule has 0 aromatic rings. The van der Waals surface area contributed by atoms with Crippen molar-refractivity contribution in [1.29, 1.82) is 0 Å². The van der Waals surface area contributed by atoms with E-state index in [0.29, 0.717) is 0 Å². The molecule has 0 aromatic carbocycles. The molecule has 0 aliphatic rings. The van der Waals surface area contributed by atoms with Crippen LogP contribution in [-0.4, -0.2) is 70.1 Å². The van der Waals surface area contributed by atoms with E-state index in [0.717, 1.165) is 11.8 Å². The zero-order chi connectivity index (χ0) is 22.0. The van der Waals surface area contributed by atoms with Crippen molar-refractivity contribution in [3.05, 3.63) is 0 Å². The molecule has 0 heterocycles. The van der Waals surface area contributed by atoms with Gasteiger partial charge in [0.15, 0.2) is 0 Å². The summed E-state index contributed by atoms with van der Waals surface area (Å²) in [5.41, 5.74) is 1.52. The van der Waals surface area contributed by atoms with Crippen LogP contribution in [-0.2, 0) is 28.4 Å². The van der Waals surface area contributed by atoms with Crippen LogP contribution in [0.3, 0.4) is 0 Å². The fraction of sp³-hybridized carbons (Fsp3) is 0.786. The van der Waals surface area contributed by atoms with Crippen LogP contribution in [0.5, 0.6) is 0 Å². The monoisotopic (exact) mass is 450 g/mol. The first-order valence-electron chi connectivity index (χ1n) is 8.11. The highest BCUT2D eigenvalue weighted by molar-refractivity contribution is 7.99. The van der Waals surface area contributed by atoms with E-state index in [-0.39, 0.29) is 31.1 Å². The highest BCUT2D eigenvalue weighted by Crippen LogP contribution is 2.55. The summed E-state index contributed by atoms with van der Waals surface area (Å²) in [7, 11) is -5.54. The van der Waals surface area contributed by atoms with Gasteiger partial charge in [0, 0.05) is 38.3 Å². The number of ether oxygens (including phenoxy) is 2. The Bertz CT molecular complexity index is 590. The molecule has 14 heteroatoms. The maximum Gasteiger partial charge on any atom is 0.394 e. The minimum atomic E-state index is -5.54. The minimum absolute atomic E-state index is 0.113. The maximum atomic E-state index is 13.1. The molecule has 0 aromatic heterocycles. The summed E-state index contributed by atoms with van der Waals surface area (Å²) in [6, 6.07) is -0.987. The molecule has 0 spiro atoms. The second kappa shape index (κ2) is 12.3. The summed E-state index contributed by atoms with van der Waals surface area (Å²) in [5.74, 6) is -1.41. The molecular weight excluding hydrogens is 425 g/mol. The van der Waals surface area contributed by atoms with Gasteiger partial charge in [-0.2, -0.15) is 20.5 Å². The van der Waals surface area contributed by atoms with Gasteiger partial charge in [-0.05, 0) is 6.42 Å². The van der Waals surface area contributed by atoms with E-state index in [1.165, 1.54) is 13.8 Å². The SMILES string of the molecule is CC(=O)OCC(CSCC(N)C(=O)NCCCC(F)(F)P(=O)(O)O)OC(C)=O. The largest absolute Gasteiger partial charge is 0.462 e. The lowest BCUT2D eigenvalue weighted by Gasteiger charge is -2.18. The number of carbonyl (C=O) groups excluding carboxylic acids is 3. The van der Waals surface area contributed by atoms with Crippen LogP contribution < -0.4 is 11.1 Å². The van der Waals surface area contributed by atoms with Crippen molar-refractivity contribution in [3.63, 3.8) is 0 Å². The Hall–Kier alpha value is -1.27. The topological polar surface area (TPSA) is 165 Å². The van der Waals surface area contributed by atoms with Crippen molar-refractivity contribution in [2.45, 2.75) is 44.5 Å². The Morgan fingerprint density at radius 2 is 1.82 bits per heavy atom. The molecule has 0 bridgehead atoms. The molecule has 0 aliphatic carbocycles. The van der Waals surface area contributed by atoms with Gasteiger partial charge < -0.3 is 30.3 Å². The van der Waals surface area contributed by atoms with Gasteiger partial charge in [-0.25, -0.2) is 0 Å². The Morgan fingerprint density at radius 3 is 2.32 bits per heavy atom. The number of alkyl halides is 2. The zero-order valence-electron chi connectivity index (χ0n) is 15.4. The van der Waals surface area contributed by atoms with E-state index in [9.17, 15) is 27.7 Å². The predicted octanol–water partition coefficient (Wildman–Crippen LogP) is 0.209. The Labute approximate surface area is 165 Å². The average Bonchev–Trinajstić information content (AvgIpc) is 2.54. The van der Waals surface area contributed by atoms with Crippen LogP contribution in [0.15, 0.2) is 0 Å². The summed E-state index contributed by atoms with van der Waals surface area (Å²) in [6.07, 6.45) is -2.14. The second-order valence-corrected chi connectivity index (χ2v) is 8.60. The number of amides is 1. The lowest BCUT2D eigenvalue weighted by molar-refractivity contribution is -0.154. The summed E-state index contributed by atoms with van der Waals surface area (Å²) >= 11 is 1.16. The first-order valence-corrected chi connectivity index (χ1v) is 10.9. The molecule has 0 saturated heterocycles. The first-order chi connectivity index (χ1) is 12.8. The van der Waals surface area contributed by atoms with Gasteiger partial charge in [0.1, 0.15) is 12.7 Å². The van der Waals surface area contributed by atoms with Crippen LogP contribution in [0.1, 0.15) is 26.7 Å². The van der Waals surface area contributed by atoms with Gasteiger partial charge in [0.2, 0.25) is 5.91 Å². The van der Waals surface area contributed by atoms with Crippen molar-refractivity contribution in [2.24, 2.45) is 5.73 Å². The van der Waals surface area contributed by atoms with E-state index in [2.05, 4.69) is 5.32 Å². The van der Waals surface area contributed by atoms with Crippen molar-refractivity contribution in [3.8, 4) is 0 Å². The number of esters is 2. The van der Waals surface area contributed by atoms with Crippen molar-refractivity contribution < 1.29 is 47.0 Å². The van der Waals surface area contributed by atoms with Gasteiger partial charge in [-0.3, -0.25) is 18.9 Å². The number of carbonyl (C=O) groups is 3. The number of rotatable bonds is 13. The number of hydrogen-bond donors (Lipinski definition) is 4. The molecule has 2 atom stereocenters. The van der Waals surface area contributed by atoms with Gasteiger partial charge >= 0.3 is 25.2 Å². The molecule has 0 radical (unpaired) electrons. The molecular formula is C14H25F2N2O8PS. The maximum absolute atomic E-state index is 13.1. The van der Waals surface area contributed by atoms with E-state index >= 15 is 0 Å². The normalized spacial score (nSPS) is 14.1. The Morgan fingerprint density at radius 1 is 1.21 bits per heavy atom. The third-order valence-electron chi connectivity index (χ3n) is 3.12. The summed E-state index contributed by atoms with van der Waals surface area (Å²) in [6.45, 7) is 2.03. The van der Waals surface area contributed by atoms with E-state index in [1.807, 2.05) is 0 Å². The minimum Gasteiger partial charge on any atom is -0.462 e. The molecule has 5 N–H and O–H groups in total. The van der Waals surface area contributed by atoms with Gasteiger partial charge in [0.25, 0.3) is 0 Å². The predicted molar refractivity (Wildman–Crippen MR) is 96.7 cm³/mol. The molecule has 2 unspecified atom stereocenters. The molecule has 0 fully saturated rings. The van der Waals surface area contributed by atoms with E-state index in [4.69, 9.17) is 25.0 Å². The van der Waals surface area contributed by atoms with Crippen LogP contribution >= 0.6 is 19.4 Å². The Balaban J connectivity index is 4.20. The van der Waals surface area contributed by atoms with Crippen LogP contribution in [0, 0.1) is 0 Å². The molecule has 0 saturated carbocycles. The molecule has 164 valence electrons. The quantitative estimate of drug-likeness (QED) is 0.173. The number of halogens is 2. The Kier molecular flexibility index (Phi) is 11.8. The van der Waals surface area contributed by atoms with E-state index in [1.54, 1.807) is 0 Å². The second-order valence-electron chi connectivity index (χ2n) is 5.78. The van der Waals surface area contributed by atoms with Gasteiger partial charge in [0.05, 0.1) is 6.04 Å². The summed E-state index contributed by atoms with van der Waals surface area (Å²) < 4.78 is 46.5. The average molecular weight is 450 g/mol. The third-order valence-corrected chi connectivity index (χ3v) is 5.40. The van der Waals surface area contributed by atoms with Crippen molar-refractivity contribution >= 4 is 37.2 Å². The third kappa shape index (κ3) is 11.5. The zero-order valence-corrected chi connectivity index (χ0v) is 17.1. The highest BCUT2D eigenvalue weighted by atomic mass is 32.2. The van der Waals surface area contributed by atoms with Gasteiger partial charge in [-0.1, -0.05) is 0 Å². The van der Waals surface area contributed by atoms with Crippen LogP contribution in [0.4, 0.5) is 8.78 Å². The molecule has 10 nitrogen and oxygen atoms in total. The summed E-state index contributed by atoms with van der Waals surface area (Å²) in [4.78, 5) is 50.6. The lowest BCUT2D eigenvalue weighted by atomic mass is 10.3. The van der Waals surface area contributed by atoms with Crippen LogP contribution in [0.2, 0.25) is 0 Å². The fourth-order valence-corrected chi connectivity index (χ4v) is 3.17. The highest BCUT2D eigenvalue weighted by Gasteiger charge is 2.47. The van der Waals surface area contributed by atoms with E-state index < -0.39 is 49.7 Å². The number of nitrogens with two attached hydrogens (primary N) is 1. The van der Waals surface area contributed by atoms with Gasteiger partial charge in [-0.15, -0.1) is 0 Å². The van der Waals surface area contributed by atoms with Crippen molar-refractivity contribution in [2.75, 3.05) is 24.7 Å². The standard InChI is InChI=1S/C14H25F2N2O8PS/c1-9(19)25-6-11(26-10(2)20)7-28-8-12(17)13(21)18-5-3-4-14(15,16)27(22,23)24/h11-12H,3-8,17H2,1-2H3,(H,18,21)(H2,22,23,24). The fourth-order valence-electron chi connectivity index (χ4n) is 1.75. The first kappa shape index (κ1) is 26.7. The smallest absolute Gasteiger partial charge is 0.394 e. The molecule has 28 heavy (non-hydrogen) atoms. The number of hydrogen-bond acceptors (Lipinski definition) is 8. The van der Waals surface area contributed by atoms with Crippen LogP contribution in [0.25, 0.3) is 0 Å². The summed E-state index contributed by atoms with van der Waals surface area (Å²) in [5, 5.41) is 2.30.